The maximum absolute atomic E-state index is 16.0. The van der Waals surface area contributed by atoms with Crippen LogP contribution in [0.25, 0.3) is 32.7 Å². The van der Waals surface area contributed by atoms with E-state index in [2.05, 4.69) is 31.9 Å². The van der Waals surface area contributed by atoms with Gasteiger partial charge in [-0.05, 0) is 39.0 Å². The lowest BCUT2D eigenvalue weighted by Gasteiger charge is -2.39. The Labute approximate surface area is 566 Å². The number of piperazine rings is 3. The van der Waals surface area contributed by atoms with E-state index in [-0.39, 0.29) is 222 Å². The lowest BCUT2D eigenvalue weighted by atomic mass is 10.1. The molecule has 530 valence electrons. The highest BCUT2D eigenvalue weighted by atomic mass is 19.1. The highest BCUT2D eigenvalue weighted by molar-refractivity contribution is 6.01. The fourth-order valence-electron chi connectivity index (χ4n) is 13.5. The largest absolute Gasteiger partial charge is 0.487 e. The average Bonchev–Trinajstić information content (AvgIpc) is 0.744. The number of carboxylic acids is 3. The standard InChI is InChI=1S/C63H75F3N22O12/c1-31-28-98-52-43-34(49(89)37(55(92)93)25-86(31)43)22-40(64)46(52)80-10-16-83(17-11-80)61(70)76-58(67)73-4-7-79(8-5-74-59(68)77-62(71)84-18-12-81(13-19-84)47-41(65)23-35-44-53(47)99-29-32(2)87(44)26-38(50(35)90)56(94)95)9-6-75-60(69)78-63(72)85-20-14-82(15-21-85)48-42(66)24-36-45-54(48)100-30-33(3)88(45)27-39(51(36)91)57(96)97/h22-27,31-33H,4-21,28-30H2,1-3H3,(H,92,93)(H,94,95)(H,96,97)(H4,67,70,73,76)(H4,68,71,74,77)(H4,69,72,75,78). The Kier molecular flexibility index (Phi) is 19.0. The van der Waals surface area contributed by atoms with Gasteiger partial charge < -0.3 is 88.6 Å². The van der Waals surface area contributed by atoms with Gasteiger partial charge in [-0.25, -0.2) is 27.6 Å². The lowest BCUT2D eigenvalue weighted by Crippen LogP contribution is -2.56. The number of hydrogen-bond acceptors (Lipinski definition) is 19. The highest BCUT2D eigenvalue weighted by Crippen LogP contribution is 2.45. The van der Waals surface area contributed by atoms with Gasteiger partial charge in [0.15, 0.2) is 70.5 Å². The maximum atomic E-state index is 16.0. The number of halogens is 3. The summed E-state index contributed by atoms with van der Waals surface area (Å²) >= 11 is 0. The van der Waals surface area contributed by atoms with Gasteiger partial charge in [-0.2, -0.15) is 0 Å². The SMILES string of the molecule is CC1COc2c(N3CCN(C(=N)NC(=N)NCCN(CCNC(=N)NC(=N)N4CCN(c5c(F)cc6c(=O)c(C(=O)O)cn7c6c5OCC7C)CC4)CCNC(=N)NC(=N)N4CCN(c5c(F)cc6c(=O)c(C(=O)O)cn7c6c5OCC7C)CC4)CC3)c(F)cc3c(=O)c(C(=O)O)cn1c23. The van der Waals surface area contributed by atoms with E-state index in [1.54, 1.807) is 63.9 Å². The zero-order chi connectivity index (χ0) is 71.3. The van der Waals surface area contributed by atoms with Crippen molar-refractivity contribution < 1.29 is 57.1 Å². The van der Waals surface area contributed by atoms with E-state index in [0.717, 1.165) is 18.2 Å². The van der Waals surface area contributed by atoms with Crippen molar-refractivity contribution >= 4 is 103 Å². The van der Waals surface area contributed by atoms with Gasteiger partial charge >= 0.3 is 17.9 Å². The van der Waals surface area contributed by atoms with Crippen LogP contribution in [-0.4, -0.2) is 240 Å². The summed E-state index contributed by atoms with van der Waals surface area (Å²) in [6.07, 6.45) is 3.77. The van der Waals surface area contributed by atoms with Crippen molar-refractivity contribution in [2.24, 2.45) is 0 Å². The summed E-state index contributed by atoms with van der Waals surface area (Å²) in [6.45, 7) is 9.84. The van der Waals surface area contributed by atoms with Crippen LogP contribution in [0.3, 0.4) is 0 Å². The molecule has 0 aliphatic carbocycles. The number of pyridine rings is 3. The smallest absolute Gasteiger partial charge is 0.341 e. The number of ether oxygens (including phenoxy) is 3. The molecule has 3 saturated heterocycles. The number of guanidine groups is 6. The molecule has 12 rings (SSSR count). The third-order valence-corrected chi connectivity index (χ3v) is 18.8. The molecule has 0 amide bonds. The summed E-state index contributed by atoms with van der Waals surface area (Å²) in [5.41, 5.74) is -2.71. The van der Waals surface area contributed by atoms with Crippen LogP contribution in [0, 0.1) is 49.9 Å². The Bertz CT molecular complexity index is 4160. The lowest BCUT2D eigenvalue weighted by molar-refractivity contribution is 0.0683. The topological polar surface area (TPSA) is 444 Å². The van der Waals surface area contributed by atoms with E-state index < -0.39 is 68.3 Å². The molecule has 3 unspecified atom stereocenters. The molecule has 0 radical (unpaired) electrons. The number of carbonyl (C=O) groups is 3. The second kappa shape index (κ2) is 27.8. The van der Waals surface area contributed by atoms with E-state index >= 15 is 13.2 Å². The molecule has 34 nitrogen and oxygen atoms in total. The van der Waals surface area contributed by atoms with Gasteiger partial charge in [0, 0.05) is 136 Å². The van der Waals surface area contributed by atoms with E-state index in [0.29, 0.717) is 36.2 Å². The molecule has 6 aliphatic heterocycles. The van der Waals surface area contributed by atoms with Crippen LogP contribution in [0.15, 0.2) is 51.2 Å². The van der Waals surface area contributed by atoms with Crippen molar-refractivity contribution in [3.8, 4) is 17.2 Å². The molecule has 3 atom stereocenters. The number of rotatable bonds is 15. The minimum absolute atomic E-state index is 0.103. The molecule has 0 bridgehead atoms. The quantitative estimate of drug-likeness (QED) is 0.0507. The zero-order valence-corrected chi connectivity index (χ0v) is 54.7. The maximum Gasteiger partial charge on any atom is 0.341 e. The van der Waals surface area contributed by atoms with Crippen molar-refractivity contribution in [1.82, 2.24) is 65.2 Å². The minimum Gasteiger partial charge on any atom is -0.487 e. The molecule has 0 saturated carbocycles. The van der Waals surface area contributed by atoms with Gasteiger partial charge in [0.1, 0.15) is 53.6 Å². The second-order valence-electron chi connectivity index (χ2n) is 25.1. The van der Waals surface area contributed by atoms with Crippen molar-refractivity contribution in [3.63, 3.8) is 0 Å². The van der Waals surface area contributed by atoms with Gasteiger partial charge in [-0.1, -0.05) is 0 Å². The molecule has 15 N–H and O–H groups in total. The third-order valence-electron chi connectivity index (χ3n) is 18.8. The third kappa shape index (κ3) is 13.1. The number of benzene rings is 3. The van der Waals surface area contributed by atoms with Crippen LogP contribution in [-0.2, 0) is 0 Å². The van der Waals surface area contributed by atoms with Gasteiger partial charge in [0.05, 0.1) is 50.8 Å². The van der Waals surface area contributed by atoms with Crippen LogP contribution in [0.2, 0.25) is 0 Å². The van der Waals surface area contributed by atoms with Gasteiger partial charge in [0.25, 0.3) is 0 Å². The Morgan fingerprint density at radius 2 is 0.700 bits per heavy atom. The molecular weight excluding hydrogens is 1310 g/mol. The van der Waals surface area contributed by atoms with Crippen molar-refractivity contribution in [3.05, 3.63) is 102 Å². The first-order chi connectivity index (χ1) is 47.8. The molecule has 6 aliphatic rings. The molecule has 3 aromatic carbocycles. The van der Waals surface area contributed by atoms with Crippen LogP contribution in [0.1, 0.15) is 70.0 Å². The van der Waals surface area contributed by atoms with Gasteiger partial charge in [0.2, 0.25) is 16.3 Å². The monoisotopic (exact) mass is 1390 g/mol. The first-order valence-corrected chi connectivity index (χ1v) is 32.4. The normalized spacial score (nSPS) is 17.9. The summed E-state index contributed by atoms with van der Waals surface area (Å²) in [5, 5.41) is 98.7. The first-order valence-electron chi connectivity index (χ1n) is 32.4. The Morgan fingerprint density at radius 1 is 0.450 bits per heavy atom. The van der Waals surface area contributed by atoms with E-state index in [1.165, 1.54) is 18.6 Å². The summed E-state index contributed by atoms with van der Waals surface area (Å²) < 4.78 is 71.0. The van der Waals surface area contributed by atoms with E-state index in [9.17, 15) is 44.1 Å². The van der Waals surface area contributed by atoms with E-state index in [1.807, 2.05) is 4.90 Å². The number of nitrogens with zero attached hydrogens (tertiary/aromatic N) is 10. The Balaban J connectivity index is 0.640. The molecule has 3 aromatic heterocycles. The van der Waals surface area contributed by atoms with Gasteiger partial charge in [-0.15, -0.1) is 0 Å². The molecule has 0 spiro atoms. The summed E-state index contributed by atoms with van der Waals surface area (Å²) in [7, 11) is 0. The summed E-state index contributed by atoms with van der Waals surface area (Å²) in [6, 6.07) is 2.08. The van der Waals surface area contributed by atoms with Crippen LogP contribution < -0.4 is 77.1 Å². The number of carboxylic acid groups (broad SMARTS) is 3. The van der Waals surface area contributed by atoms with Crippen LogP contribution in [0.5, 0.6) is 17.2 Å². The molecule has 37 heteroatoms. The average molecular weight is 1390 g/mol. The van der Waals surface area contributed by atoms with Crippen LogP contribution >= 0.6 is 0 Å². The number of nitrogens with one attached hydrogen (secondary N) is 12. The Hall–Kier alpha value is -11.5. The molecule has 100 heavy (non-hydrogen) atoms. The molecule has 9 heterocycles. The summed E-state index contributed by atoms with van der Waals surface area (Å²) in [4.78, 5) is 87.5. The molecular formula is C63H75F3N22O12. The van der Waals surface area contributed by atoms with Crippen molar-refractivity contribution in [2.75, 3.05) is 152 Å². The van der Waals surface area contributed by atoms with Gasteiger partial charge in [-0.3, -0.25) is 67.7 Å². The number of aromatic carboxylic acids is 3. The van der Waals surface area contributed by atoms with Crippen LogP contribution in [0.4, 0.5) is 30.2 Å². The molecule has 6 aromatic rings. The fraction of sp³-hybridized carbons (Fsp3) is 0.429. The minimum atomic E-state index is -1.43. The van der Waals surface area contributed by atoms with Crippen molar-refractivity contribution in [1.29, 1.82) is 32.5 Å². The fourth-order valence-corrected chi connectivity index (χ4v) is 13.5. The Morgan fingerprint density at radius 3 is 0.940 bits per heavy atom. The second-order valence-corrected chi connectivity index (χ2v) is 25.1. The number of anilines is 3. The highest BCUT2D eigenvalue weighted by Gasteiger charge is 2.37. The first kappa shape index (κ1) is 68.4. The predicted molar refractivity (Wildman–Crippen MR) is 364 cm³/mol. The predicted octanol–water partition coefficient (Wildman–Crippen LogP) is 1.22. The number of hydrogen-bond donors (Lipinski definition) is 15. The zero-order valence-electron chi connectivity index (χ0n) is 54.7. The van der Waals surface area contributed by atoms with E-state index in [4.69, 9.17) is 46.7 Å². The summed E-state index contributed by atoms with van der Waals surface area (Å²) in [5.74, 6) is -7.10. The number of aromatic nitrogens is 3. The molecule has 3 fully saturated rings. The van der Waals surface area contributed by atoms with Crippen molar-refractivity contribution in [2.45, 2.75) is 38.9 Å².